The van der Waals surface area contributed by atoms with Gasteiger partial charge in [0.05, 0.1) is 24.6 Å². The van der Waals surface area contributed by atoms with Gasteiger partial charge in [0.2, 0.25) is 15.9 Å². The molecule has 1 aromatic carbocycles. The normalized spacial score (nSPS) is 21.1. The summed E-state index contributed by atoms with van der Waals surface area (Å²) in [5.41, 5.74) is -0.519. The van der Waals surface area contributed by atoms with Gasteiger partial charge in [-0.05, 0) is 25.0 Å². The van der Waals surface area contributed by atoms with Gasteiger partial charge in [-0.3, -0.25) is 14.9 Å². The fourth-order valence-corrected chi connectivity index (χ4v) is 5.18. The van der Waals surface area contributed by atoms with Crippen LogP contribution >= 0.6 is 12.4 Å². The lowest BCUT2D eigenvalue weighted by molar-refractivity contribution is -0.387. The van der Waals surface area contributed by atoms with Crippen molar-refractivity contribution >= 4 is 34.0 Å². The van der Waals surface area contributed by atoms with Crippen molar-refractivity contribution < 1.29 is 22.9 Å². The van der Waals surface area contributed by atoms with Crippen LogP contribution in [0.3, 0.4) is 0 Å². The summed E-state index contributed by atoms with van der Waals surface area (Å²) in [6, 6.07) is 3.47. The third-order valence-corrected chi connectivity index (χ3v) is 6.82. The number of nitrogens with zero attached hydrogens (tertiary/aromatic N) is 3. The number of piperazine rings is 1. The first-order valence-electron chi connectivity index (χ1n) is 8.67. The summed E-state index contributed by atoms with van der Waals surface area (Å²) in [5, 5.41) is 14.4. The van der Waals surface area contributed by atoms with Gasteiger partial charge >= 0.3 is 0 Å². The second-order valence-corrected chi connectivity index (χ2v) is 8.42. The topological polar surface area (TPSA) is 122 Å². The van der Waals surface area contributed by atoms with Crippen molar-refractivity contribution in [2.45, 2.75) is 23.8 Å². The van der Waals surface area contributed by atoms with Crippen molar-refractivity contribution in [3.05, 3.63) is 28.3 Å². The quantitative estimate of drug-likeness (QED) is 0.532. The number of nitrogens with one attached hydrogen (secondary N) is 1. The average Bonchev–Trinajstić information content (AvgIpc) is 2.68. The highest BCUT2D eigenvalue weighted by Gasteiger charge is 2.38. The van der Waals surface area contributed by atoms with Gasteiger partial charge < -0.3 is 15.0 Å². The molecule has 12 heteroatoms. The lowest BCUT2D eigenvalue weighted by Crippen LogP contribution is -2.57. The highest BCUT2D eigenvalue weighted by Crippen LogP contribution is 2.32. The Bertz CT molecular complexity index is 850. The Morgan fingerprint density at radius 2 is 2.07 bits per heavy atom. The predicted octanol–water partition coefficient (Wildman–Crippen LogP) is 0.610. The number of carbonyl (C=O) groups excluding carboxylic acids is 1. The zero-order chi connectivity index (χ0) is 19.6. The smallest absolute Gasteiger partial charge is 0.293 e. The number of sulfonamides is 1. The molecular formula is C16H23ClN4O6S. The van der Waals surface area contributed by atoms with E-state index >= 15 is 0 Å². The molecule has 2 aliphatic rings. The molecule has 2 saturated heterocycles. The van der Waals surface area contributed by atoms with Crippen molar-refractivity contribution in [3.63, 3.8) is 0 Å². The number of ether oxygens (including phenoxy) is 1. The molecule has 1 amide bonds. The van der Waals surface area contributed by atoms with Crippen LogP contribution in [-0.2, 0) is 14.8 Å². The van der Waals surface area contributed by atoms with E-state index in [4.69, 9.17) is 4.74 Å². The Balaban J connectivity index is 0.00000280. The van der Waals surface area contributed by atoms with Crippen LogP contribution in [0.1, 0.15) is 12.8 Å². The molecule has 156 valence electrons. The SMILES string of the molecule is COc1ccc(S(=O)(=O)N2CCCC(N3CCNCC3=O)C2)c([N+](=O)[O-])c1.Cl. The van der Waals surface area contributed by atoms with Crippen molar-refractivity contribution in [2.24, 2.45) is 0 Å². The molecule has 2 aliphatic heterocycles. The van der Waals surface area contributed by atoms with Gasteiger partial charge in [0.25, 0.3) is 5.69 Å². The first kappa shape index (κ1) is 22.3. The maximum atomic E-state index is 13.1. The van der Waals surface area contributed by atoms with Crippen molar-refractivity contribution in [2.75, 3.05) is 39.8 Å². The van der Waals surface area contributed by atoms with Crippen LogP contribution in [0.2, 0.25) is 0 Å². The van der Waals surface area contributed by atoms with Gasteiger partial charge in [0.15, 0.2) is 4.90 Å². The zero-order valence-corrected chi connectivity index (χ0v) is 17.0. The predicted molar refractivity (Wildman–Crippen MR) is 103 cm³/mol. The van der Waals surface area contributed by atoms with Crippen molar-refractivity contribution in [1.29, 1.82) is 0 Å². The summed E-state index contributed by atoms with van der Waals surface area (Å²) in [7, 11) is -2.72. The molecule has 1 aromatic rings. The number of rotatable bonds is 5. The molecule has 0 saturated carbocycles. The largest absolute Gasteiger partial charge is 0.497 e. The minimum absolute atomic E-state index is 0. The van der Waals surface area contributed by atoms with Crippen molar-refractivity contribution in [1.82, 2.24) is 14.5 Å². The molecule has 1 N–H and O–H groups in total. The molecule has 1 atom stereocenters. The molecule has 10 nitrogen and oxygen atoms in total. The van der Waals surface area contributed by atoms with Crippen LogP contribution in [0.5, 0.6) is 5.75 Å². The number of hydrogen-bond donors (Lipinski definition) is 1. The van der Waals surface area contributed by atoms with E-state index in [1.807, 2.05) is 0 Å². The maximum absolute atomic E-state index is 13.1. The second kappa shape index (κ2) is 9.03. The highest BCUT2D eigenvalue weighted by atomic mass is 35.5. The molecule has 0 bridgehead atoms. The number of piperidine rings is 1. The molecule has 0 aromatic heterocycles. The van der Waals surface area contributed by atoms with Crippen LogP contribution in [0.15, 0.2) is 23.1 Å². The molecule has 28 heavy (non-hydrogen) atoms. The minimum atomic E-state index is -4.07. The standard InChI is InChI=1S/C16H22N4O6S.ClH/c1-26-13-4-5-15(14(9-13)20(22)23)27(24,25)18-7-2-3-12(11-18)19-8-6-17-10-16(19)21;/h4-5,9,12,17H,2-3,6-8,10-11H2,1H3;1H. The summed E-state index contributed by atoms with van der Waals surface area (Å²) >= 11 is 0. The van der Waals surface area contributed by atoms with E-state index in [0.717, 1.165) is 6.07 Å². The Morgan fingerprint density at radius 3 is 2.71 bits per heavy atom. The van der Waals surface area contributed by atoms with Crippen LogP contribution in [0.25, 0.3) is 0 Å². The second-order valence-electron chi connectivity index (χ2n) is 6.51. The lowest BCUT2D eigenvalue weighted by atomic mass is 10.1. The fraction of sp³-hybridized carbons (Fsp3) is 0.562. The van der Waals surface area contributed by atoms with E-state index in [2.05, 4.69) is 5.32 Å². The summed E-state index contributed by atoms with van der Waals surface area (Å²) < 4.78 is 32.4. The van der Waals surface area contributed by atoms with E-state index in [-0.39, 0.29) is 54.6 Å². The minimum Gasteiger partial charge on any atom is -0.497 e. The highest BCUT2D eigenvalue weighted by molar-refractivity contribution is 7.89. The van der Waals surface area contributed by atoms with Gasteiger partial charge in [0, 0.05) is 32.2 Å². The van der Waals surface area contributed by atoms with E-state index in [1.165, 1.54) is 23.5 Å². The summed E-state index contributed by atoms with van der Waals surface area (Å²) in [4.78, 5) is 24.1. The van der Waals surface area contributed by atoms with Gasteiger partial charge in [-0.25, -0.2) is 8.42 Å². The fourth-order valence-electron chi connectivity index (χ4n) is 3.52. The Labute approximate surface area is 169 Å². The van der Waals surface area contributed by atoms with Gasteiger partial charge in [0.1, 0.15) is 5.75 Å². The summed E-state index contributed by atoms with van der Waals surface area (Å²) in [6.45, 7) is 1.84. The Hall–Kier alpha value is -1.95. The third kappa shape index (κ3) is 4.37. The van der Waals surface area contributed by atoms with Gasteiger partial charge in [-0.15, -0.1) is 12.4 Å². The number of carbonyl (C=O) groups is 1. The zero-order valence-electron chi connectivity index (χ0n) is 15.4. The number of halogens is 1. The number of benzene rings is 1. The van der Waals surface area contributed by atoms with E-state index in [9.17, 15) is 23.3 Å². The molecule has 0 spiro atoms. The average molecular weight is 435 g/mol. The number of nitro groups is 1. The van der Waals surface area contributed by atoms with Crippen LogP contribution < -0.4 is 10.1 Å². The summed E-state index contributed by atoms with van der Waals surface area (Å²) in [5.74, 6) is 0.157. The number of nitro benzene ring substituents is 1. The van der Waals surface area contributed by atoms with Crippen LogP contribution in [0, 0.1) is 10.1 Å². The maximum Gasteiger partial charge on any atom is 0.293 e. The van der Waals surface area contributed by atoms with E-state index in [1.54, 1.807) is 4.90 Å². The number of amides is 1. The molecule has 3 rings (SSSR count). The molecule has 0 radical (unpaired) electrons. The van der Waals surface area contributed by atoms with Gasteiger partial charge in [-0.2, -0.15) is 4.31 Å². The monoisotopic (exact) mass is 434 g/mol. The summed E-state index contributed by atoms with van der Waals surface area (Å²) in [6.07, 6.45) is 1.30. The van der Waals surface area contributed by atoms with E-state index < -0.39 is 20.6 Å². The first-order chi connectivity index (χ1) is 12.8. The Kier molecular flexibility index (Phi) is 7.21. The van der Waals surface area contributed by atoms with E-state index in [0.29, 0.717) is 25.9 Å². The van der Waals surface area contributed by atoms with Gasteiger partial charge in [-0.1, -0.05) is 0 Å². The molecule has 0 aliphatic carbocycles. The van der Waals surface area contributed by atoms with Crippen LogP contribution in [-0.4, -0.2) is 74.3 Å². The Morgan fingerprint density at radius 1 is 1.32 bits per heavy atom. The lowest BCUT2D eigenvalue weighted by Gasteiger charge is -2.40. The number of methoxy groups -OCH3 is 1. The molecular weight excluding hydrogens is 412 g/mol. The number of hydrogen-bond acceptors (Lipinski definition) is 7. The molecule has 1 unspecified atom stereocenters. The molecule has 2 heterocycles. The third-order valence-electron chi connectivity index (χ3n) is 4.91. The van der Waals surface area contributed by atoms with Crippen LogP contribution in [0.4, 0.5) is 5.69 Å². The first-order valence-corrected chi connectivity index (χ1v) is 10.1. The molecule has 2 fully saturated rings. The van der Waals surface area contributed by atoms with Crippen molar-refractivity contribution in [3.8, 4) is 5.75 Å².